The Morgan fingerprint density at radius 2 is 0.667 bits per heavy atom. The maximum absolute atomic E-state index is 10.6. The van der Waals surface area contributed by atoms with Gasteiger partial charge in [-0.3, -0.25) is 0 Å². The molecule has 0 aliphatic heterocycles. The Bertz CT molecular complexity index is 595. The van der Waals surface area contributed by atoms with Gasteiger partial charge in [-0.15, -0.1) is 0 Å². The van der Waals surface area contributed by atoms with Gasteiger partial charge in [-0.05, 0) is 0 Å². The van der Waals surface area contributed by atoms with Gasteiger partial charge in [0.25, 0.3) is 0 Å². The summed E-state index contributed by atoms with van der Waals surface area (Å²) in [4.78, 5) is 63.6. The fourth-order valence-electron chi connectivity index (χ4n) is 1.98. The fourth-order valence-corrected chi connectivity index (χ4v) is 3.62. The second kappa shape index (κ2) is 23.5. The molecule has 6 atom stereocenters. The van der Waals surface area contributed by atoms with E-state index in [4.69, 9.17) is 0 Å². The minimum absolute atomic E-state index is 0. The van der Waals surface area contributed by atoms with Crippen LogP contribution < -0.4 is 338 Å². The maximum atomic E-state index is 10.6. The summed E-state index contributed by atoms with van der Waals surface area (Å²) in [5, 5.41) is 28.9. The van der Waals surface area contributed by atoms with Gasteiger partial charge in [0.2, 0.25) is 0 Å². The number of phosphoric ester groups is 3. The molecule has 0 aromatic rings. The molecule has 0 saturated heterocycles. The number of hydrogen-bond acceptors (Lipinski definition) is 15. The molecule has 144 valence electrons. The van der Waals surface area contributed by atoms with E-state index in [0.717, 1.165) is 0 Å². The average Bonchev–Trinajstić information content (AvgIpc) is 2.32. The van der Waals surface area contributed by atoms with Gasteiger partial charge >= 0.3 is 308 Å². The molecule has 1 aliphatic rings. The van der Waals surface area contributed by atoms with Gasteiger partial charge < -0.3 is 71.9 Å². The van der Waals surface area contributed by atoms with Crippen LogP contribution in [0.1, 0.15) is 0 Å². The molecule has 0 amide bonds. The molecule has 0 heterocycles. The molecule has 1 saturated carbocycles. The first-order valence-corrected chi connectivity index (χ1v) is 10.1. The summed E-state index contributed by atoms with van der Waals surface area (Å²) < 4.78 is 43.0. The van der Waals surface area contributed by atoms with Crippen LogP contribution >= 0.6 is 23.5 Å². The van der Waals surface area contributed by atoms with Crippen molar-refractivity contribution in [2.75, 3.05) is 0 Å². The minimum Gasteiger partial charge on any atom is -0.790 e. The summed E-state index contributed by atoms with van der Waals surface area (Å²) in [6.45, 7) is 0. The number of hydrogen-bond donors (Lipinski definition) is 3. The van der Waals surface area contributed by atoms with Gasteiger partial charge in [0, 0.05) is 0 Å². The van der Waals surface area contributed by atoms with Crippen LogP contribution in [0.15, 0.2) is 0 Å². The minimum atomic E-state index is -6.01. The summed E-state index contributed by atoms with van der Waals surface area (Å²) in [5.41, 5.74) is 0. The molecular formula is C6H9K6O15P3. The Morgan fingerprint density at radius 3 is 0.933 bits per heavy atom. The van der Waals surface area contributed by atoms with Crippen LogP contribution in [0.25, 0.3) is 0 Å². The van der Waals surface area contributed by atoms with Crippen LogP contribution in [0, 0.1) is 0 Å². The zero-order chi connectivity index (χ0) is 19.1. The third-order valence-corrected chi connectivity index (χ3v) is 4.28. The second-order valence-corrected chi connectivity index (χ2v) is 7.84. The molecule has 0 radical (unpaired) electrons. The van der Waals surface area contributed by atoms with Crippen LogP contribution in [0.4, 0.5) is 0 Å². The SMILES string of the molecule is O=P([O-])([O-])O[C@@H]1[C@@H](O)[C@H](OP(=O)([O-])[O-])[C@@H](OP(=O)([O-])[O-])[C@H](O)[C@@H]1O.[K+].[K+].[K+].[K+].[K+].[K+]. The Morgan fingerprint density at radius 1 is 0.467 bits per heavy atom. The monoisotopic (exact) mass is 648 g/mol. The Labute approximate surface area is 426 Å². The Kier molecular flexibility index (Phi) is 41.2. The number of rotatable bonds is 6. The van der Waals surface area contributed by atoms with Crippen LogP contribution in [-0.2, 0) is 27.3 Å². The van der Waals surface area contributed by atoms with E-state index in [-0.39, 0.29) is 308 Å². The van der Waals surface area contributed by atoms with Gasteiger partial charge in [-0.25, -0.2) is 0 Å². The molecule has 1 rings (SSSR count). The van der Waals surface area contributed by atoms with Crippen molar-refractivity contribution < 1.29 is 380 Å². The van der Waals surface area contributed by atoms with Crippen molar-refractivity contribution in [3.63, 3.8) is 0 Å². The summed E-state index contributed by atoms with van der Waals surface area (Å²) in [5.74, 6) is 0. The van der Waals surface area contributed by atoms with E-state index in [2.05, 4.69) is 13.6 Å². The molecule has 0 aromatic heterocycles. The third-order valence-electron chi connectivity index (χ3n) is 2.77. The fraction of sp³-hybridized carbons (Fsp3) is 1.00. The average molecular weight is 649 g/mol. The van der Waals surface area contributed by atoms with Crippen molar-refractivity contribution in [2.45, 2.75) is 36.6 Å². The molecule has 0 aromatic carbocycles. The van der Waals surface area contributed by atoms with Gasteiger partial charge in [0.15, 0.2) is 0 Å². The van der Waals surface area contributed by atoms with Crippen molar-refractivity contribution in [1.29, 1.82) is 0 Å². The standard InChI is InChI=1S/C6H15O15P3.6K/c7-1-2(8)5(20-23(13,14)15)6(21-24(16,17)18)3(9)4(1)19-22(10,11)12;;;;;;/h1-9H,(H2,10,11,12)(H2,13,14,15)(H2,16,17,18);;;;;;/q;6*+1/p-6/t1-,2+,3+,4-,5-,6-;;;;;;/m0....../s1. The first-order valence-electron chi connectivity index (χ1n) is 5.67. The van der Waals surface area contributed by atoms with Gasteiger partial charge in [-0.2, -0.15) is 0 Å². The summed E-state index contributed by atoms with van der Waals surface area (Å²) in [6.07, 6.45) is -15.7. The van der Waals surface area contributed by atoms with Gasteiger partial charge in [0.05, 0.1) is 23.5 Å². The van der Waals surface area contributed by atoms with E-state index in [1.807, 2.05) is 0 Å². The second-order valence-electron chi connectivity index (χ2n) is 4.52. The van der Waals surface area contributed by atoms with Crippen LogP contribution in [0.2, 0.25) is 0 Å². The van der Waals surface area contributed by atoms with Crippen molar-refractivity contribution >= 4 is 23.5 Å². The molecule has 15 nitrogen and oxygen atoms in total. The van der Waals surface area contributed by atoms with Crippen molar-refractivity contribution in [1.82, 2.24) is 0 Å². The molecule has 0 unspecified atom stereocenters. The first kappa shape index (κ1) is 52.7. The van der Waals surface area contributed by atoms with Crippen LogP contribution in [0.3, 0.4) is 0 Å². The smallest absolute Gasteiger partial charge is 0.790 e. The molecular weight excluding hydrogens is 640 g/mol. The number of phosphoric acid groups is 3. The summed E-state index contributed by atoms with van der Waals surface area (Å²) >= 11 is 0. The summed E-state index contributed by atoms with van der Waals surface area (Å²) in [6, 6.07) is 0. The van der Waals surface area contributed by atoms with Crippen molar-refractivity contribution in [3.8, 4) is 0 Å². The van der Waals surface area contributed by atoms with E-state index < -0.39 is 60.1 Å². The molecule has 0 spiro atoms. The van der Waals surface area contributed by atoms with Gasteiger partial charge in [0.1, 0.15) is 36.6 Å². The molecule has 24 heteroatoms. The van der Waals surface area contributed by atoms with Crippen molar-refractivity contribution in [2.24, 2.45) is 0 Å². The van der Waals surface area contributed by atoms with E-state index in [9.17, 15) is 58.4 Å². The quantitative estimate of drug-likeness (QED) is 0.178. The first-order chi connectivity index (χ1) is 10.5. The topological polar surface area (TPSA) is 278 Å². The summed E-state index contributed by atoms with van der Waals surface area (Å²) in [7, 11) is -17.9. The molecule has 30 heavy (non-hydrogen) atoms. The molecule has 0 bridgehead atoms. The molecule has 1 aliphatic carbocycles. The number of aliphatic hydroxyl groups excluding tert-OH is 3. The normalized spacial score (nSPS) is 28.7. The van der Waals surface area contributed by atoms with E-state index in [0.29, 0.717) is 0 Å². The predicted octanol–water partition coefficient (Wildman–Crippen LogP) is -25.3. The van der Waals surface area contributed by atoms with E-state index in [1.54, 1.807) is 0 Å². The van der Waals surface area contributed by atoms with E-state index >= 15 is 0 Å². The third kappa shape index (κ3) is 21.7. The zero-order valence-corrected chi connectivity index (χ0v) is 38.5. The Balaban J connectivity index is -0.000000240. The van der Waals surface area contributed by atoms with Gasteiger partial charge in [-0.1, -0.05) is 0 Å². The van der Waals surface area contributed by atoms with E-state index in [1.165, 1.54) is 0 Å². The molecule has 3 N–H and O–H groups in total. The number of aliphatic hydroxyl groups is 3. The van der Waals surface area contributed by atoms with Crippen LogP contribution in [-0.4, -0.2) is 51.9 Å². The Hall–Kier alpha value is 10.0. The predicted molar refractivity (Wildman–Crippen MR) is 55.5 cm³/mol. The molecule has 1 fully saturated rings. The largest absolute Gasteiger partial charge is 1.00 e. The van der Waals surface area contributed by atoms with Crippen molar-refractivity contribution in [3.05, 3.63) is 0 Å². The van der Waals surface area contributed by atoms with Crippen LogP contribution in [0.5, 0.6) is 0 Å². The maximum Gasteiger partial charge on any atom is 1.00 e. The zero-order valence-electron chi connectivity index (χ0n) is 17.0.